The molecule has 21 heavy (non-hydrogen) atoms. The van der Waals surface area contributed by atoms with Gasteiger partial charge in [0.15, 0.2) is 0 Å². The second-order valence-corrected chi connectivity index (χ2v) is 4.92. The first-order chi connectivity index (χ1) is 9.67. The fourth-order valence-corrected chi connectivity index (χ4v) is 2.13. The van der Waals surface area contributed by atoms with Crippen molar-refractivity contribution in [2.24, 2.45) is 0 Å². The molecule has 0 spiro atoms. The molecule has 1 aromatic rings. The van der Waals surface area contributed by atoms with Crippen molar-refractivity contribution in [1.82, 2.24) is 9.80 Å². The van der Waals surface area contributed by atoms with Crippen LogP contribution in [0, 0.1) is 0 Å². The summed E-state index contributed by atoms with van der Waals surface area (Å²) in [6, 6.07) is 3.65. The summed E-state index contributed by atoms with van der Waals surface area (Å²) in [6.45, 7) is -2.34. The molecule has 1 aliphatic rings. The molecule has 1 fully saturated rings. The highest BCUT2D eigenvalue weighted by molar-refractivity contribution is 6.34. The maximum Gasteiger partial charge on any atom is 0.406 e. The molecular weight excluding hydrogens is 313 g/mol. The van der Waals surface area contributed by atoms with Crippen molar-refractivity contribution in [2.45, 2.75) is 6.18 Å². The van der Waals surface area contributed by atoms with Gasteiger partial charge in [0.05, 0.1) is 17.3 Å². The Bertz CT molecular complexity index is 592. The monoisotopic (exact) mass is 322 g/mol. The van der Waals surface area contributed by atoms with Gasteiger partial charge in [-0.25, -0.2) is 0 Å². The van der Waals surface area contributed by atoms with Crippen molar-refractivity contribution in [1.29, 1.82) is 0 Å². The lowest BCUT2D eigenvalue weighted by atomic mass is 10.2. The highest BCUT2D eigenvalue weighted by Gasteiger charge is 2.39. The molecule has 1 aromatic carbocycles. The van der Waals surface area contributed by atoms with Crippen LogP contribution >= 0.6 is 11.6 Å². The third-order valence-corrected chi connectivity index (χ3v) is 3.19. The first kappa shape index (κ1) is 15.4. The van der Waals surface area contributed by atoms with Crippen molar-refractivity contribution in [3.8, 4) is 5.75 Å². The van der Waals surface area contributed by atoms with Gasteiger partial charge in [-0.3, -0.25) is 9.59 Å². The molecule has 1 N–H and O–H groups in total. The normalized spacial score (nSPS) is 15.7. The molecule has 1 saturated heterocycles. The van der Waals surface area contributed by atoms with Crippen molar-refractivity contribution in [3.05, 3.63) is 28.8 Å². The Morgan fingerprint density at radius 3 is 2.67 bits per heavy atom. The molecule has 0 unspecified atom stereocenters. The molecule has 114 valence electrons. The average Bonchev–Trinajstić information content (AvgIpc) is 2.71. The predicted octanol–water partition coefficient (Wildman–Crippen LogP) is 1.85. The standard InChI is InChI=1S/C12H10ClF3N2O3/c13-9-2-1-7(19)3-8(9)11(21)17-4-10(20)18(6-17)5-12(14,15)16/h1-3,19H,4-6H2. The quantitative estimate of drug-likeness (QED) is 0.904. The van der Waals surface area contributed by atoms with E-state index in [1.165, 1.54) is 12.1 Å². The zero-order valence-electron chi connectivity index (χ0n) is 10.5. The van der Waals surface area contributed by atoms with Crippen molar-refractivity contribution >= 4 is 23.4 Å². The van der Waals surface area contributed by atoms with Crippen molar-refractivity contribution in [3.63, 3.8) is 0 Å². The second kappa shape index (κ2) is 5.44. The molecule has 0 aliphatic carbocycles. The summed E-state index contributed by atoms with van der Waals surface area (Å²) in [7, 11) is 0. The van der Waals surface area contributed by atoms with Gasteiger partial charge >= 0.3 is 6.18 Å². The number of phenols is 1. The number of carbonyl (C=O) groups is 2. The number of halogens is 4. The summed E-state index contributed by atoms with van der Waals surface area (Å²) < 4.78 is 36.9. The first-order valence-corrected chi connectivity index (χ1v) is 6.17. The number of amides is 2. The van der Waals surface area contributed by atoms with Crippen LogP contribution in [0.4, 0.5) is 13.2 Å². The SMILES string of the molecule is O=C1CN(C(=O)c2cc(O)ccc2Cl)CN1CC(F)(F)F. The molecule has 0 radical (unpaired) electrons. The van der Waals surface area contributed by atoms with Crippen LogP contribution in [-0.4, -0.2) is 52.7 Å². The van der Waals surface area contributed by atoms with E-state index in [4.69, 9.17) is 11.6 Å². The van der Waals surface area contributed by atoms with E-state index in [-0.39, 0.29) is 16.3 Å². The highest BCUT2D eigenvalue weighted by Crippen LogP contribution is 2.25. The van der Waals surface area contributed by atoms with Crippen molar-refractivity contribution < 1.29 is 27.9 Å². The number of carbonyl (C=O) groups excluding carboxylic acids is 2. The molecule has 1 aliphatic heterocycles. The van der Waals surface area contributed by atoms with Gasteiger partial charge in [0, 0.05) is 0 Å². The number of phenolic OH excluding ortho intramolecular Hbond substituents is 1. The molecule has 2 amide bonds. The van der Waals surface area contributed by atoms with Gasteiger partial charge in [-0.2, -0.15) is 13.2 Å². The Hall–Kier alpha value is -1.96. The topological polar surface area (TPSA) is 60.9 Å². The Morgan fingerprint density at radius 2 is 2.05 bits per heavy atom. The van der Waals surface area contributed by atoms with Crippen LogP contribution in [0.1, 0.15) is 10.4 Å². The number of aromatic hydroxyl groups is 1. The molecule has 1 heterocycles. The highest BCUT2D eigenvalue weighted by atomic mass is 35.5. The van der Waals surface area contributed by atoms with Gasteiger partial charge in [-0.15, -0.1) is 0 Å². The first-order valence-electron chi connectivity index (χ1n) is 5.80. The lowest BCUT2D eigenvalue weighted by molar-refractivity contribution is -0.157. The van der Waals surface area contributed by atoms with E-state index < -0.39 is 37.7 Å². The van der Waals surface area contributed by atoms with E-state index in [2.05, 4.69) is 0 Å². The van der Waals surface area contributed by atoms with Crippen LogP contribution in [0.25, 0.3) is 0 Å². The fraction of sp³-hybridized carbons (Fsp3) is 0.333. The number of nitrogens with zero attached hydrogens (tertiary/aromatic N) is 2. The number of alkyl halides is 3. The number of hydrogen-bond donors (Lipinski definition) is 1. The van der Waals surface area contributed by atoms with E-state index in [1.54, 1.807) is 0 Å². The molecule has 2 rings (SSSR count). The molecule has 0 aromatic heterocycles. The molecule has 5 nitrogen and oxygen atoms in total. The Balaban J connectivity index is 2.15. The van der Waals surface area contributed by atoms with E-state index in [0.717, 1.165) is 11.0 Å². The molecule has 0 bridgehead atoms. The van der Waals surface area contributed by atoms with Gasteiger partial charge in [0.1, 0.15) is 18.8 Å². The minimum atomic E-state index is -4.53. The van der Waals surface area contributed by atoms with E-state index in [9.17, 15) is 27.9 Å². The van der Waals surface area contributed by atoms with Crippen molar-refractivity contribution in [2.75, 3.05) is 19.8 Å². The minimum Gasteiger partial charge on any atom is -0.508 e. The Kier molecular flexibility index (Phi) is 3.99. The summed E-state index contributed by atoms with van der Waals surface area (Å²) in [5, 5.41) is 9.37. The number of benzene rings is 1. The summed E-state index contributed by atoms with van der Waals surface area (Å²) in [6.07, 6.45) is -4.53. The van der Waals surface area contributed by atoms with Crippen LogP contribution in [0.3, 0.4) is 0 Å². The van der Waals surface area contributed by atoms with Gasteiger partial charge in [-0.05, 0) is 18.2 Å². The largest absolute Gasteiger partial charge is 0.508 e. The van der Waals surface area contributed by atoms with Crippen LogP contribution in [0.15, 0.2) is 18.2 Å². The smallest absolute Gasteiger partial charge is 0.406 e. The minimum absolute atomic E-state index is 0.0412. The Morgan fingerprint density at radius 1 is 1.38 bits per heavy atom. The van der Waals surface area contributed by atoms with E-state index >= 15 is 0 Å². The van der Waals surface area contributed by atoms with Gasteiger partial charge < -0.3 is 14.9 Å². The fourth-order valence-electron chi connectivity index (χ4n) is 1.94. The molecule has 9 heteroatoms. The Labute approximate surface area is 122 Å². The maximum atomic E-state index is 12.3. The maximum absolute atomic E-state index is 12.3. The third kappa shape index (κ3) is 3.57. The van der Waals surface area contributed by atoms with Crippen LogP contribution in [-0.2, 0) is 4.79 Å². The molecular formula is C12H10ClF3N2O3. The van der Waals surface area contributed by atoms with Crippen LogP contribution in [0.5, 0.6) is 5.75 Å². The molecule has 0 saturated carbocycles. The zero-order chi connectivity index (χ0) is 15.8. The number of hydrogen-bond acceptors (Lipinski definition) is 3. The summed E-state index contributed by atoms with van der Waals surface area (Å²) in [5.41, 5.74) is -0.0710. The van der Waals surface area contributed by atoms with Gasteiger partial charge in [-0.1, -0.05) is 11.6 Å². The van der Waals surface area contributed by atoms with E-state index in [1.807, 2.05) is 0 Å². The molecule has 0 atom stereocenters. The summed E-state index contributed by atoms with van der Waals surface area (Å²) in [4.78, 5) is 25.1. The predicted molar refractivity (Wildman–Crippen MR) is 66.8 cm³/mol. The number of rotatable bonds is 2. The van der Waals surface area contributed by atoms with Crippen LogP contribution in [0.2, 0.25) is 5.02 Å². The lowest BCUT2D eigenvalue weighted by Gasteiger charge is -2.19. The van der Waals surface area contributed by atoms with Gasteiger partial charge in [0.2, 0.25) is 5.91 Å². The summed E-state index contributed by atoms with van der Waals surface area (Å²) in [5.74, 6) is -1.72. The zero-order valence-corrected chi connectivity index (χ0v) is 11.3. The van der Waals surface area contributed by atoms with Gasteiger partial charge in [0.25, 0.3) is 5.91 Å². The average molecular weight is 323 g/mol. The summed E-state index contributed by atoms with van der Waals surface area (Å²) >= 11 is 5.81. The van der Waals surface area contributed by atoms with Crippen LogP contribution < -0.4 is 0 Å². The third-order valence-electron chi connectivity index (χ3n) is 2.86. The lowest BCUT2D eigenvalue weighted by Crippen LogP contribution is -2.37. The second-order valence-electron chi connectivity index (χ2n) is 4.52. The van der Waals surface area contributed by atoms with E-state index in [0.29, 0.717) is 4.90 Å².